The van der Waals surface area contributed by atoms with E-state index in [1.54, 1.807) is 19.1 Å². The highest BCUT2D eigenvalue weighted by Crippen LogP contribution is 2.18. The Bertz CT molecular complexity index is 454. The Balaban J connectivity index is 1.85. The zero-order valence-corrected chi connectivity index (χ0v) is 12.0. The van der Waals surface area contributed by atoms with Crippen molar-refractivity contribution in [1.82, 2.24) is 5.32 Å². The number of rotatable bonds is 2. The quantitative estimate of drug-likeness (QED) is 0.828. The molecule has 0 atom stereocenters. The standard InChI is InChI=1S/C16H23FN2O/c1-12-9-10-14(11-15(12)17)19-16(20)18-13-7-5-3-2-4-6-8-13/h9-11,13H,2-8H2,1H3,(H2,18,19,20). The van der Waals surface area contributed by atoms with Gasteiger partial charge in [0.1, 0.15) is 5.82 Å². The van der Waals surface area contributed by atoms with Crippen LogP contribution in [0.1, 0.15) is 50.5 Å². The van der Waals surface area contributed by atoms with E-state index in [-0.39, 0.29) is 17.9 Å². The van der Waals surface area contributed by atoms with Crippen LogP contribution in [0.25, 0.3) is 0 Å². The SMILES string of the molecule is Cc1ccc(NC(=O)NC2CCCCCCC2)cc1F. The van der Waals surface area contributed by atoms with Crippen LogP contribution in [0.4, 0.5) is 14.9 Å². The van der Waals surface area contributed by atoms with E-state index >= 15 is 0 Å². The van der Waals surface area contributed by atoms with Gasteiger partial charge < -0.3 is 10.6 Å². The van der Waals surface area contributed by atoms with Crippen molar-refractivity contribution in [1.29, 1.82) is 0 Å². The molecule has 0 heterocycles. The summed E-state index contributed by atoms with van der Waals surface area (Å²) in [6.45, 7) is 1.70. The van der Waals surface area contributed by atoms with Gasteiger partial charge in [-0.1, -0.05) is 38.2 Å². The Hall–Kier alpha value is -1.58. The molecule has 1 saturated carbocycles. The molecule has 1 aliphatic carbocycles. The van der Waals surface area contributed by atoms with Crippen LogP contribution in [0.15, 0.2) is 18.2 Å². The minimum Gasteiger partial charge on any atom is -0.335 e. The van der Waals surface area contributed by atoms with Gasteiger partial charge in [-0.2, -0.15) is 0 Å². The van der Waals surface area contributed by atoms with Crippen molar-refractivity contribution in [3.63, 3.8) is 0 Å². The zero-order valence-electron chi connectivity index (χ0n) is 12.0. The molecule has 2 rings (SSSR count). The van der Waals surface area contributed by atoms with Crippen molar-refractivity contribution < 1.29 is 9.18 Å². The molecule has 2 amide bonds. The fourth-order valence-corrected chi connectivity index (χ4v) is 2.62. The average Bonchev–Trinajstić information content (AvgIpc) is 2.37. The highest BCUT2D eigenvalue weighted by Gasteiger charge is 2.14. The van der Waals surface area contributed by atoms with Crippen molar-refractivity contribution in [3.05, 3.63) is 29.6 Å². The lowest BCUT2D eigenvalue weighted by atomic mass is 9.97. The van der Waals surface area contributed by atoms with Crippen LogP contribution in [-0.4, -0.2) is 12.1 Å². The lowest BCUT2D eigenvalue weighted by Crippen LogP contribution is -2.38. The van der Waals surface area contributed by atoms with E-state index in [0.29, 0.717) is 11.3 Å². The molecule has 0 bridgehead atoms. The van der Waals surface area contributed by atoms with E-state index in [1.165, 1.54) is 38.2 Å². The number of hydrogen-bond acceptors (Lipinski definition) is 1. The summed E-state index contributed by atoms with van der Waals surface area (Å²) in [5, 5.41) is 5.70. The van der Waals surface area contributed by atoms with Gasteiger partial charge in [0, 0.05) is 11.7 Å². The number of carbonyl (C=O) groups is 1. The Kier molecular flexibility index (Phi) is 5.39. The van der Waals surface area contributed by atoms with Crippen molar-refractivity contribution >= 4 is 11.7 Å². The number of hydrogen-bond donors (Lipinski definition) is 2. The molecule has 1 fully saturated rings. The van der Waals surface area contributed by atoms with Gasteiger partial charge >= 0.3 is 6.03 Å². The monoisotopic (exact) mass is 278 g/mol. The maximum atomic E-state index is 13.4. The first-order chi connectivity index (χ1) is 9.65. The van der Waals surface area contributed by atoms with Crippen molar-refractivity contribution in [3.8, 4) is 0 Å². The van der Waals surface area contributed by atoms with Gasteiger partial charge in [-0.05, 0) is 37.5 Å². The molecule has 1 aromatic carbocycles. The number of aryl methyl sites for hydroxylation is 1. The molecule has 1 aliphatic rings. The largest absolute Gasteiger partial charge is 0.335 e. The van der Waals surface area contributed by atoms with E-state index in [9.17, 15) is 9.18 Å². The molecular formula is C16H23FN2O. The van der Waals surface area contributed by atoms with Gasteiger partial charge in [-0.15, -0.1) is 0 Å². The molecule has 0 unspecified atom stereocenters. The summed E-state index contributed by atoms with van der Waals surface area (Å²) in [7, 11) is 0. The first kappa shape index (κ1) is 14.8. The summed E-state index contributed by atoms with van der Waals surface area (Å²) in [4.78, 5) is 11.9. The fourth-order valence-electron chi connectivity index (χ4n) is 2.62. The van der Waals surface area contributed by atoms with Crippen LogP contribution in [0, 0.1) is 12.7 Å². The number of benzene rings is 1. The lowest BCUT2D eigenvalue weighted by molar-refractivity contribution is 0.245. The minimum absolute atomic E-state index is 0.237. The molecule has 20 heavy (non-hydrogen) atoms. The van der Waals surface area contributed by atoms with Crippen molar-refractivity contribution in [2.75, 3.05) is 5.32 Å². The lowest BCUT2D eigenvalue weighted by Gasteiger charge is -2.21. The maximum absolute atomic E-state index is 13.4. The summed E-state index contributed by atoms with van der Waals surface area (Å²) >= 11 is 0. The molecule has 4 heteroatoms. The normalized spacial score (nSPS) is 17.1. The van der Waals surface area contributed by atoms with Crippen LogP contribution in [0.3, 0.4) is 0 Å². The molecular weight excluding hydrogens is 255 g/mol. The third-order valence-corrected chi connectivity index (χ3v) is 3.87. The predicted molar refractivity (Wildman–Crippen MR) is 79.4 cm³/mol. The average molecular weight is 278 g/mol. The third-order valence-electron chi connectivity index (χ3n) is 3.87. The topological polar surface area (TPSA) is 41.1 Å². The summed E-state index contributed by atoms with van der Waals surface area (Å²) in [5.74, 6) is -0.297. The van der Waals surface area contributed by atoms with Gasteiger partial charge in [-0.25, -0.2) is 9.18 Å². The number of anilines is 1. The van der Waals surface area contributed by atoms with Crippen LogP contribution >= 0.6 is 0 Å². The summed E-state index contributed by atoms with van der Waals surface area (Å²) in [6.07, 6.45) is 8.23. The number of nitrogens with one attached hydrogen (secondary N) is 2. The molecule has 0 spiro atoms. The van der Waals surface area contributed by atoms with Crippen LogP contribution in [-0.2, 0) is 0 Å². The molecule has 0 radical (unpaired) electrons. The molecule has 0 saturated heterocycles. The molecule has 0 aromatic heterocycles. The predicted octanol–water partition coefficient (Wildman–Crippen LogP) is 4.37. The van der Waals surface area contributed by atoms with E-state index in [0.717, 1.165) is 12.8 Å². The van der Waals surface area contributed by atoms with Gasteiger partial charge in [-0.3, -0.25) is 0 Å². The maximum Gasteiger partial charge on any atom is 0.319 e. The number of halogens is 1. The van der Waals surface area contributed by atoms with Gasteiger partial charge in [0.25, 0.3) is 0 Å². The van der Waals surface area contributed by atoms with Crippen molar-refractivity contribution in [2.24, 2.45) is 0 Å². The molecule has 110 valence electrons. The third kappa shape index (κ3) is 4.51. The van der Waals surface area contributed by atoms with Crippen LogP contribution < -0.4 is 10.6 Å². The second-order valence-corrected chi connectivity index (χ2v) is 5.60. The minimum atomic E-state index is -0.297. The Labute approximate surface area is 120 Å². The van der Waals surface area contributed by atoms with Crippen molar-refractivity contribution in [2.45, 2.75) is 57.9 Å². The van der Waals surface area contributed by atoms with E-state index < -0.39 is 0 Å². The zero-order chi connectivity index (χ0) is 14.4. The first-order valence-corrected chi connectivity index (χ1v) is 7.49. The van der Waals surface area contributed by atoms with Crippen LogP contribution in [0.2, 0.25) is 0 Å². The second kappa shape index (κ2) is 7.27. The molecule has 0 aliphatic heterocycles. The Morgan fingerprint density at radius 3 is 2.45 bits per heavy atom. The number of carbonyl (C=O) groups excluding carboxylic acids is 1. The van der Waals surface area contributed by atoms with Gasteiger partial charge in [0.2, 0.25) is 0 Å². The number of amides is 2. The summed E-state index contributed by atoms with van der Waals surface area (Å²) < 4.78 is 13.4. The van der Waals surface area contributed by atoms with Crippen LogP contribution in [0.5, 0.6) is 0 Å². The fraction of sp³-hybridized carbons (Fsp3) is 0.562. The highest BCUT2D eigenvalue weighted by atomic mass is 19.1. The summed E-state index contributed by atoms with van der Waals surface area (Å²) in [5.41, 5.74) is 1.08. The van der Waals surface area contributed by atoms with E-state index in [4.69, 9.17) is 0 Å². The highest BCUT2D eigenvalue weighted by molar-refractivity contribution is 5.89. The van der Waals surface area contributed by atoms with Gasteiger partial charge in [0.15, 0.2) is 0 Å². The first-order valence-electron chi connectivity index (χ1n) is 7.49. The summed E-state index contributed by atoms with van der Waals surface area (Å²) in [6, 6.07) is 4.74. The molecule has 3 nitrogen and oxygen atoms in total. The molecule has 2 N–H and O–H groups in total. The Morgan fingerprint density at radius 1 is 1.15 bits per heavy atom. The van der Waals surface area contributed by atoms with E-state index in [2.05, 4.69) is 10.6 Å². The Morgan fingerprint density at radius 2 is 1.80 bits per heavy atom. The smallest absolute Gasteiger partial charge is 0.319 e. The molecule has 1 aromatic rings. The number of urea groups is 1. The van der Waals surface area contributed by atoms with E-state index in [1.807, 2.05) is 0 Å². The second-order valence-electron chi connectivity index (χ2n) is 5.60. The van der Waals surface area contributed by atoms with Gasteiger partial charge in [0.05, 0.1) is 0 Å².